The number of hydrogen-bond acceptors (Lipinski definition) is 3. The zero-order valence-electron chi connectivity index (χ0n) is 10.1. The highest BCUT2D eigenvalue weighted by atomic mass is 35.6. The smallest absolute Gasteiger partial charge is 0.323 e. The van der Waals surface area contributed by atoms with Gasteiger partial charge in [-0.15, -0.1) is 0 Å². The van der Waals surface area contributed by atoms with Crippen molar-refractivity contribution < 1.29 is 9.53 Å². The predicted octanol–water partition coefficient (Wildman–Crippen LogP) is 3.43. The third kappa shape index (κ3) is 6.19. The van der Waals surface area contributed by atoms with Crippen LogP contribution in [-0.2, 0) is 16.0 Å². The summed E-state index contributed by atoms with van der Waals surface area (Å²) in [5.41, 5.74) is 7.52. The van der Waals surface area contributed by atoms with Crippen LogP contribution in [0.25, 0.3) is 0 Å². The van der Waals surface area contributed by atoms with Crippen LogP contribution >= 0.6 is 46.4 Å². The van der Waals surface area contributed by atoms with Crippen LogP contribution in [0.5, 0.6) is 0 Å². The molecule has 1 unspecified atom stereocenters. The molecule has 1 atom stereocenters. The van der Waals surface area contributed by atoms with E-state index < -0.39 is 15.8 Å². The second-order valence-electron chi connectivity index (χ2n) is 4.12. The largest absolute Gasteiger partial charge is 0.460 e. The topological polar surface area (TPSA) is 52.3 Å². The molecule has 3 nitrogen and oxygen atoms in total. The maximum Gasteiger partial charge on any atom is 0.323 e. The molecule has 7 heteroatoms. The van der Waals surface area contributed by atoms with Gasteiger partial charge in [0.2, 0.25) is 3.79 Å². The highest BCUT2D eigenvalue weighted by Crippen LogP contribution is 2.26. The third-order valence-corrected chi connectivity index (χ3v) is 3.11. The van der Waals surface area contributed by atoms with Crippen molar-refractivity contribution in [2.75, 3.05) is 6.61 Å². The minimum absolute atomic E-state index is 0.304. The van der Waals surface area contributed by atoms with Gasteiger partial charge in [-0.05, 0) is 30.5 Å². The van der Waals surface area contributed by atoms with Gasteiger partial charge >= 0.3 is 5.97 Å². The maximum absolute atomic E-state index is 11.6. The number of ether oxygens (including phenoxy) is 1. The van der Waals surface area contributed by atoms with Gasteiger partial charge in [0.25, 0.3) is 0 Å². The van der Waals surface area contributed by atoms with E-state index in [2.05, 4.69) is 0 Å². The summed E-state index contributed by atoms with van der Waals surface area (Å²) in [4.78, 5) is 11.6. The number of aryl methyl sites for hydroxylation is 1. The van der Waals surface area contributed by atoms with Crippen molar-refractivity contribution in [2.45, 2.75) is 23.2 Å². The van der Waals surface area contributed by atoms with Gasteiger partial charge in [-0.25, -0.2) is 0 Å². The predicted molar refractivity (Wildman–Crippen MR) is 79.1 cm³/mol. The number of rotatable bonds is 4. The van der Waals surface area contributed by atoms with Crippen molar-refractivity contribution in [3.8, 4) is 0 Å². The molecule has 0 aliphatic rings. The van der Waals surface area contributed by atoms with Gasteiger partial charge in [0, 0.05) is 5.02 Å². The van der Waals surface area contributed by atoms with Crippen LogP contribution in [0.4, 0.5) is 0 Å². The first kappa shape index (κ1) is 16.9. The van der Waals surface area contributed by atoms with E-state index in [1.807, 2.05) is 19.1 Å². The summed E-state index contributed by atoms with van der Waals surface area (Å²) in [5, 5.41) is 0.624. The fourth-order valence-electron chi connectivity index (χ4n) is 1.36. The quantitative estimate of drug-likeness (QED) is 0.672. The summed E-state index contributed by atoms with van der Waals surface area (Å²) < 4.78 is 3.17. The summed E-state index contributed by atoms with van der Waals surface area (Å²) in [6.07, 6.45) is 0.304. The molecule has 0 radical (unpaired) electrons. The molecular weight excluding hydrogens is 332 g/mol. The number of carbonyl (C=O) groups is 1. The van der Waals surface area contributed by atoms with Crippen LogP contribution in [0, 0.1) is 6.92 Å². The van der Waals surface area contributed by atoms with Gasteiger partial charge in [-0.1, -0.05) is 58.5 Å². The van der Waals surface area contributed by atoms with Crippen LogP contribution in [0.2, 0.25) is 5.02 Å². The van der Waals surface area contributed by atoms with Crippen molar-refractivity contribution in [3.05, 3.63) is 34.3 Å². The molecule has 1 rings (SSSR count). The number of carbonyl (C=O) groups excluding carboxylic acids is 1. The number of nitrogens with two attached hydrogens (primary N) is 1. The van der Waals surface area contributed by atoms with Crippen LogP contribution in [-0.4, -0.2) is 22.4 Å². The molecule has 2 N–H and O–H groups in total. The van der Waals surface area contributed by atoms with Gasteiger partial charge in [-0.2, -0.15) is 0 Å². The van der Waals surface area contributed by atoms with Crippen LogP contribution < -0.4 is 5.73 Å². The second-order valence-corrected chi connectivity index (χ2v) is 7.04. The Morgan fingerprint density at radius 1 is 1.42 bits per heavy atom. The fourth-order valence-corrected chi connectivity index (χ4v) is 1.73. The molecule has 0 heterocycles. The molecule has 0 aliphatic carbocycles. The first-order valence-corrected chi connectivity index (χ1v) is 6.94. The number of alkyl halides is 3. The number of esters is 1. The Bertz CT molecular complexity index is 460. The molecule has 1 aromatic carbocycles. The Morgan fingerprint density at radius 2 is 2.05 bits per heavy atom. The van der Waals surface area contributed by atoms with E-state index in [4.69, 9.17) is 56.9 Å². The molecule has 106 valence electrons. The first-order chi connectivity index (χ1) is 8.69. The van der Waals surface area contributed by atoms with Crippen LogP contribution in [0.1, 0.15) is 11.1 Å². The van der Waals surface area contributed by atoms with Crippen molar-refractivity contribution in [1.82, 2.24) is 0 Å². The zero-order valence-corrected chi connectivity index (χ0v) is 13.2. The van der Waals surface area contributed by atoms with Crippen molar-refractivity contribution in [2.24, 2.45) is 5.73 Å². The average Bonchev–Trinajstić information content (AvgIpc) is 2.29. The minimum atomic E-state index is -1.64. The molecule has 19 heavy (non-hydrogen) atoms. The average molecular weight is 345 g/mol. The fraction of sp³-hybridized carbons (Fsp3) is 0.417. The lowest BCUT2D eigenvalue weighted by Crippen LogP contribution is -2.36. The monoisotopic (exact) mass is 343 g/mol. The van der Waals surface area contributed by atoms with Gasteiger partial charge in [-0.3, -0.25) is 4.79 Å². The van der Waals surface area contributed by atoms with Crippen molar-refractivity contribution in [3.63, 3.8) is 0 Å². The van der Waals surface area contributed by atoms with Crippen molar-refractivity contribution in [1.29, 1.82) is 0 Å². The summed E-state index contributed by atoms with van der Waals surface area (Å²) in [5.74, 6) is -0.622. The Hall–Kier alpha value is -0.190. The van der Waals surface area contributed by atoms with Crippen LogP contribution in [0.15, 0.2) is 18.2 Å². The van der Waals surface area contributed by atoms with Crippen LogP contribution in [0.3, 0.4) is 0 Å². The minimum Gasteiger partial charge on any atom is -0.460 e. The van der Waals surface area contributed by atoms with E-state index in [1.54, 1.807) is 6.07 Å². The van der Waals surface area contributed by atoms with E-state index in [1.165, 1.54) is 0 Å². The molecule has 0 spiro atoms. The molecule has 0 amide bonds. The molecule has 0 aliphatic heterocycles. The number of benzene rings is 1. The Kier molecular flexibility index (Phi) is 6.21. The summed E-state index contributed by atoms with van der Waals surface area (Å²) >= 11 is 22.4. The number of hydrogen-bond donors (Lipinski definition) is 1. The molecule has 1 aromatic rings. The molecule has 0 bridgehead atoms. The van der Waals surface area contributed by atoms with Gasteiger partial charge in [0.05, 0.1) is 0 Å². The summed E-state index contributed by atoms with van der Waals surface area (Å²) in [7, 11) is 0. The summed E-state index contributed by atoms with van der Waals surface area (Å²) in [6.45, 7) is 1.56. The molecular formula is C12H13Cl4NO2. The normalized spacial score (nSPS) is 13.2. The van der Waals surface area contributed by atoms with E-state index in [9.17, 15) is 4.79 Å². The highest BCUT2D eigenvalue weighted by Gasteiger charge is 2.24. The molecule has 0 saturated heterocycles. The van der Waals surface area contributed by atoms with E-state index in [0.717, 1.165) is 11.1 Å². The second kappa shape index (κ2) is 7.00. The molecule has 0 aromatic heterocycles. The molecule has 0 fully saturated rings. The standard InChI is InChI=1S/C12H13Cl4NO2/c1-7-2-3-8(4-9(7)13)5-10(17)11(18)19-6-12(14,15)16/h2-4,10H,5-6,17H2,1H3. The van der Waals surface area contributed by atoms with E-state index >= 15 is 0 Å². The third-order valence-electron chi connectivity index (χ3n) is 2.37. The SMILES string of the molecule is Cc1ccc(CC(N)C(=O)OCC(Cl)(Cl)Cl)cc1Cl. The van der Waals surface area contributed by atoms with Gasteiger partial charge in [0.15, 0.2) is 0 Å². The van der Waals surface area contributed by atoms with E-state index in [0.29, 0.717) is 11.4 Å². The molecule has 0 saturated carbocycles. The van der Waals surface area contributed by atoms with Gasteiger partial charge in [0.1, 0.15) is 12.6 Å². The maximum atomic E-state index is 11.6. The lowest BCUT2D eigenvalue weighted by Gasteiger charge is -2.15. The Balaban J connectivity index is 2.56. The van der Waals surface area contributed by atoms with Gasteiger partial charge < -0.3 is 10.5 Å². The number of halogens is 4. The zero-order chi connectivity index (χ0) is 14.6. The summed E-state index contributed by atoms with van der Waals surface area (Å²) in [6, 6.07) is 4.64. The first-order valence-electron chi connectivity index (χ1n) is 5.43. The highest BCUT2D eigenvalue weighted by molar-refractivity contribution is 6.67. The van der Waals surface area contributed by atoms with Crippen molar-refractivity contribution >= 4 is 52.4 Å². The van der Waals surface area contributed by atoms with E-state index in [-0.39, 0.29) is 6.61 Å². The Labute approximate surface area is 131 Å². The lowest BCUT2D eigenvalue weighted by molar-refractivity contribution is -0.145. The lowest BCUT2D eigenvalue weighted by atomic mass is 10.1. The Morgan fingerprint density at radius 3 is 2.58 bits per heavy atom.